The van der Waals surface area contributed by atoms with Crippen LogP contribution in [0.3, 0.4) is 0 Å². The zero-order valence-corrected chi connectivity index (χ0v) is 11.7. The summed E-state index contributed by atoms with van der Waals surface area (Å²) in [6, 6.07) is 0. The standard InChI is InChI=1S/C14H26N4/c1-11(2)10-18-13(9-15)16-17-14(18)12-7-5-3-4-6-8-12/h11-12H,3-10,15H2,1-2H3. The lowest BCUT2D eigenvalue weighted by atomic mass is 9.99. The fourth-order valence-electron chi connectivity index (χ4n) is 2.90. The average Bonchev–Trinajstić information content (AvgIpc) is 2.57. The van der Waals surface area contributed by atoms with Gasteiger partial charge in [0.1, 0.15) is 11.6 Å². The summed E-state index contributed by atoms with van der Waals surface area (Å²) in [6.45, 7) is 5.95. The smallest absolute Gasteiger partial charge is 0.146 e. The minimum absolute atomic E-state index is 0.492. The van der Waals surface area contributed by atoms with E-state index in [0.29, 0.717) is 18.4 Å². The third-order valence-corrected chi connectivity index (χ3v) is 3.81. The molecule has 0 radical (unpaired) electrons. The molecule has 1 aromatic heterocycles. The van der Waals surface area contributed by atoms with Gasteiger partial charge in [-0.3, -0.25) is 0 Å². The van der Waals surface area contributed by atoms with Crippen LogP contribution in [-0.4, -0.2) is 14.8 Å². The van der Waals surface area contributed by atoms with E-state index < -0.39 is 0 Å². The molecular weight excluding hydrogens is 224 g/mol. The second-order valence-electron chi connectivity index (χ2n) is 5.87. The maximum absolute atomic E-state index is 5.78. The lowest BCUT2D eigenvalue weighted by Gasteiger charge is -2.17. The van der Waals surface area contributed by atoms with Gasteiger partial charge in [-0.05, 0) is 18.8 Å². The van der Waals surface area contributed by atoms with E-state index in [-0.39, 0.29) is 0 Å². The third-order valence-electron chi connectivity index (χ3n) is 3.81. The van der Waals surface area contributed by atoms with E-state index in [1.165, 1.54) is 44.3 Å². The van der Waals surface area contributed by atoms with E-state index in [0.717, 1.165) is 12.4 Å². The van der Waals surface area contributed by atoms with Gasteiger partial charge in [-0.15, -0.1) is 10.2 Å². The summed E-state index contributed by atoms with van der Waals surface area (Å²) in [4.78, 5) is 0. The molecule has 2 N–H and O–H groups in total. The van der Waals surface area contributed by atoms with Gasteiger partial charge in [0, 0.05) is 12.5 Å². The highest BCUT2D eigenvalue weighted by molar-refractivity contribution is 5.03. The van der Waals surface area contributed by atoms with Crippen LogP contribution in [0, 0.1) is 5.92 Å². The average molecular weight is 250 g/mol. The van der Waals surface area contributed by atoms with Gasteiger partial charge in [0.05, 0.1) is 6.54 Å². The fourth-order valence-corrected chi connectivity index (χ4v) is 2.90. The van der Waals surface area contributed by atoms with Crippen molar-refractivity contribution in [2.24, 2.45) is 11.7 Å². The Kier molecular flexibility index (Phi) is 4.75. The summed E-state index contributed by atoms with van der Waals surface area (Å²) >= 11 is 0. The summed E-state index contributed by atoms with van der Waals surface area (Å²) in [6.07, 6.45) is 7.94. The van der Waals surface area contributed by atoms with E-state index in [4.69, 9.17) is 5.73 Å². The van der Waals surface area contributed by atoms with Crippen molar-refractivity contribution in [2.45, 2.75) is 71.4 Å². The Labute approximate surface area is 110 Å². The minimum atomic E-state index is 0.492. The van der Waals surface area contributed by atoms with Crippen molar-refractivity contribution in [1.29, 1.82) is 0 Å². The van der Waals surface area contributed by atoms with Crippen molar-refractivity contribution in [3.05, 3.63) is 11.6 Å². The van der Waals surface area contributed by atoms with Crippen LogP contribution in [0.2, 0.25) is 0 Å². The molecule has 4 nitrogen and oxygen atoms in total. The molecule has 4 heteroatoms. The van der Waals surface area contributed by atoms with Crippen LogP contribution in [-0.2, 0) is 13.1 Å². The van der Waals surface area contributed by atoms with Crippen LogP contribution in [0.5, 0.6) is 0 Å². The molecule has 0 atom stereocenters. The minimum Gasteiger partial charge on any atom is -0.324 e. The lowest BCUT2D eigenvalue weighted by molar-refractivity contribution is 0.458. The highest BCUT2D eigenvalue weighted by atomic mass is 15.3. The predicted molar refractivity (Wildman–Crippen MR) is 73.2 cm³/mol. The number of nitrogens with two attached hydrogens (primary N) is 1. The SMILES string of the molecule is CC(C)Cn1c(CN)nnc1C1CCCCCC1. The fraction of sp³-hybridized carbons (Fsp3) is 0.857. The van der Waals surface area contributed by atoms with Crippen LogP contribution >= 0.6 is 0 Å². The Bertz CT molecular complexity index is 362. The molecule has 0 unspecified atom stereocenters. The maximum Gasteiger partial charge on any atom is 0.146 e. The van der Waals surface area contributed by atoms with Crippen LogP contribution in [0.25, 0.3) is 0 Å². The van der Waals surface area contributed by atoms with Crippen LogP contribution in [0.15, 0.2) is 0 Å². The summed E-state index contributed by atoms with van der Waals surface area (Å²) < 4.78 is 2.28. The molecule has 0 spiro atoms. The quantitative estimate of drug-likeness (QED) is 0.836. The Morgan fingerprint density at radius 2 is 1.83 bits per heavy atom. The van der Waals surface area contributed by atoms with Crippen molar-refractivity contribution >= 4 is 0 Å². The molecule has 1 aliphatic rings. The lowest BCUT2D eigenvalue weighted by Crippen LogP contribution is -2.16. The second-order valence-corrected chi connectivity index (χ2v) is 5.87. The number of hydrogen-bond donors (Lipinski definition) is 1. The zero-order chi connectivity index (χ0) is 13.0. The van der Waals surface area contributed by atoms with E-state index in [9.17, 15) is 0 Å². The zero-order valence-electron chi connectivity index (χ0n) is 11.7. The molecule has 1 aliphatic carbocycles. The summed E-state index contributed by atoms with van der Waals surface area (Å²) in [5, 5.41) is 8.72. The predicted octanol–water partition coefficient (Wildman–Crippen LogP) is 2.83. The molecule has 2 rings (SSSR count). The van der Waals surface area contributed by atoms with Crippen molar-refractivity contribution < 1.29 is 0 Å². The van der Waals surface area contributed by atoms with Gasteiger partial charge in [0.2, 0.25) is 0 Å². The number of hydrogen-bond acceptors (Lipinski definition) is 3. The Hall–Kier alpha value is -0.900. The molecule has 1 fully saturated rings. The molecule has 1 saturated carbocycles. The van der Waals surface area contributed by atoms with Crippen molar-refractivity contribution in [2.75, 3.05) is 0 Å². The van der Waals surface area contributed by atoms with Gasteiger partial charge in [0.25, 0.3) is 0 Å². The van der Waals surface area contributed by atoms with Gasteiger partial charge in [-0.1, -0.05) is 39.5 Å². The summed E-state index contributed by atoms with van der Waals surface area (Å²) in [5.74, 6) is 3.34. The second kappa shape index (κ2) is 6.32. The Balaban J connectivity index is 2.22. The maximum atomic E-state index is 5.78. The monoisotopic (exact) mass is 250 g/mol. The molecule has 0 saturated heterocycles. The van der Waals surface area contributed by atoms with Gasteiger partial charge >= 0.3 is 0 Å². The van der Waals surface area contributed by atoms with Gasteiger partial charge in [-0.2, -0.15) is 0 Å². The van der Waals surface area contributed by atoms with E-state index in [1.807, 2.05) is 0 Å². The summed E-state index contributed by atoms with van der Waals surface area (Å²) in [5.41, 5.74) is 5.78. The van der Waals surface area contributed by atoms with E-state index in [1.54, 1.807) is 0 Å². The first kappa shape index (κ1) is 13.5. The highest BCUT2D eigenvalue weighted by Crippen LogP contribution is 2.31. The Morgan fingerprint density at radius 3 is 2.39 bits per heavy atom. The van der Waals surface area contributed by atoms with Crippen molar-refractivity contribution in [3.8, 4) is 0 Å². The molecule has 102 valence electrons. The van der Waals surface area contributed by atoms with Crippen molar-refractivity contribution in [1.82, 2.24) is 14.8 Å². The van der Waals surface area contributed by atoms with Gasteiger partial charge < -0.3 is 10.3 Å². The highest BCUT2D eigenvalue weighted by Gasteiger charge is 2.22. The number of aromatic nitrogens is 3. The topological polar surface area (TPSA) is 56.7 Å². The molecule has 18 heavy (non-hydrogen) atoms. The van der Waals surface area contributed by atoms with Crippen molar-refractivity contribution in [3.63, 3.8) is 0 Å². The van der Waals surface area contributed by atoms with Crippen LogP contribution in [0.4, 0.5) is 0 Å². The number of nitrogens with zero attached hydrogens (tertiary/aromatic N) is 3. The summed E-state index contributed by atoms with van der Waals surface area (Å²) in [7, 11) is 0. The molecule has 1 aromatic rings. The third kappa shape index (κ3) is 3.10. The Morgan fingerprint density at radius 1 is 1.17 bits per heavy atom. The van der Waals surface area contributed by atoms with Gasteiger partial charge in [0.15, 0.2) is 0 Å². The first-order valence-corrected chi connectivity index (χ1v) is 7.34. The molecule has 0 aliphatic heterocycles. The first-order chi connectivity index (χ1) is 8.72. The largest absolute Gasteiger partial charge is 0.324 e. The van der Waals surface area contributed by atoms with Crippen LogP contribution < -0.4 is 5.73 Å². The molecule has 0 aromatic carbocycles. The van der Waals surface area contributed by atoms with E-state index >= 15 is 0 Å². The first-order valence-electron chi connectivity index (χ1n) is 7.34. The normalized spacial score (nSPS) is 18.2. The molecule has 0 amide bonds. The molecular formula is C14H26N4. The van der Waals surface area contributed by atoms with Crippen LogP contribution in [0.1, 0.15) is 69.9 Å². The van der Waals surface area contributed by atoms with E-state index in [2.05, 4.69) is 28.6 Å². The van der Waals surface area contributed by atoms with Gasteiger partial charge in [-0.25, -0.2) is 0 Å². The number of rotatable bonds is 4. The molecule has 0 bridgehead atoms. The molecule has 1 heterocycles.